The molecule has 104 valence electrons. The van der Waals surface area contributed by atoms with E-state index in [1.54, 1.807) is 19.1 Å². The molecule has 0 bridgehead atoms. The van der Waals surface area contributed by atoms with Gasteiger partial charge in [-0.3, -0.25) is 9.59 Å². The number of hydrogen-bond acceptors (Lipinski definition) is 4. The number of ether oxygens (including phenoxy) is 1. The Kier molecular flexibility index (Phi) is 5.59. The number of amides is 1. The number of hydrogen-bond donors (Lipinski definition) is 3. The van der Waals surface area contributed by atoms with Gasteiger partial charge in [-0.1, -0.05) is 11.6 Å². The van der Waals surface area contributed by atoms with Crippen molar-refractivity contribution in [2.45, 2.75) is 19.4 Å². The van der Waals surface area contributed by atoms with Crippen LogP contribution in [0.1, 0.15) is 13.3 Å². The molecule has 1 amide bonds. The minimum Gasteiger partial charge on any atom is -0.492 e. The summed E-state index contributed by atoms with van der Waals surface area (Å²) in [4.78, 5) is 22.2. The minimum absolute atomic E-state index is 0.361. The van der Waals surface area contributed by atoms with Crippen LogP contribution >= 0.6 is 11.6 Å². The van der Waals surface area contributed by atoms with E-state index in [1.807, 2.05) is 0 Å². The van der Waals surface area contributed by atoms with Gasteiger partial charge in [0.05, 0.1) is 24.8 Å². The predicted molar refractivity (Wildman–Crippen MR) is 71.5 cm³/mol. The number of anilines is 1. The maximum Gasteiger partial charge on any atom is 0.305 e. The lowest BCUT2D eigenvalue weighted by atomic mass is 10.2. The number of aliphatic carboxylic acids is 1. The smallest absolute Gasteiger partial charge is 0.305 e. The lowest BCUT2D eigenvalue weighted by molar-refractivity contribution is -0.138. The molecule has 1 aromatic rings. The summed E-state index contributed by atoms with van der Waals surface area (Å²) >= 11 is 5.83. The largest absolute Gasteiger partial charge is 0.492 e. The molecule has 0 saturated heterocycles. The highest BCUT2D eigenvalue weighted by Crippen LogP contribution is 2.28. The van der Waals surface area contributed by atoms with Crippen LogP contribution in [-0.2, 0) is 9.59 Å². The van der Waals surface area contributed by atoms with E-state index in [2.05, 4.69) is 5.32 Å². The van der Waals surface area contributed by atoms with E-state index in [0.29, 0.717) is 23.1 Å². The van der Waals surface area contributed by atoms with Crippen LogP contribution in [-0.4, -0.2) is 29.6 Å². The molecule has 0 fully saturated rings. The van der Waals surface area contributed by atoms with Gasteiger partial charge < -0.3 is 20.9 Å². The molecule has 1 atom stereocenters. The van der Waals surface area contributed by atoms with Crippen LogP contribution in [0.2, 0.25) is 5.02 Å². The lowest BCUT2D eigenvalue weighted by Crippen LogP contribution is -2.37. The number of carbonyl (C=O) groups excluding carboxylic acids is 1. The molecule has 0 radical (unpaired) electrons. The fraction of sp³-hybridized carbons (Fsp3) is 0.333. The topological polar surface area (TPSA) is 102 Å². The molecule has 0 heterocycles. The average Bonchev–Trinajstić information content (AvgIpc) is 2.32. The van der Waals surface area contributed by atoms with Crippen molar-refractivity contribution in [1.82, 2.24) is 0 Å². The second-order valence-corrected chi connectivity index (χ2v) is 4.20. The Hall–Kier alpha value is -1.79. The van der Waals surface area contributed by atoms with Crippen LogP contribution in [0.5, 0.6) is 5.75 Å². The highest BCUT2D eigenvalue weighted by Gasteiger charge is 2.18. The van der Waals surface area contributed by atoms with Gasteiger partial charge in [-0.05, 0) is 25.1 Å². The van der Waals surface area contributed by atoms with Gasteiger partial charge in [-0.2, -0.15) is 0 Å². The summed E-state index contributed by atoms with van der Waals surface area (Å²) in [7, 11) is 0. The fourth-order valence-corrected chi connectivity index (χ4v) is 1.56. The number of carboxylic acids is 1. The molecule has 7 heteroatoms. The fourth-order valence-electron chi connectivity index (χ4n) is 1.39. The third-order valence-electron chi connectivity index (χ3n) is 2.23. The summed E-state index contributed by atoms with van der Waals surface area (Å²) in [6, 6.07) is 3.62. The molecule has 0 aliphatic carbocycles. The van der Waals surface area contributed by atoms with Gasteiger partial charge >= 0.3 is 5.97 Å². The summed E-state index contributed by atoms with van der Waals surface area (Å²) < 4.78 is 5.32. The third-order valence-corrected chi connectivity index (χ3v) is 2.47. The molecule has 1 rings (SSSR count). The molecule has 0 aliphatic rings. The third kappa shape index (κ3) is 4.76. The van der Waals surface area contributed by atoms with E-state index in [0.717, 1.165) is 0 Å². The molecule has 4 N–H and O–H groups in total. The highest BCUT2D eigenvalue weighted by molar-refractivity contribution is 6.31. The van der Waals surface area contributed by atoms with Crippen molar-refractivity contribution in [1.29, 1.82) is 0 Å². The van der Waals surface area contributed by atoms with Crippen LogP contribution in [0.25, 0.3) is 0 Å². The zero-order valence-electron chi connectivity index (χ0n) is 10.4. The molecule has 1 unspecified atom stereocenters. The Balaban J connectivity index is 2.82. The van der Waals surface area contributed by atoms with Crippen molar-refractivity contribution in [3.8, 4) is 5.75 Å². The van der Waals surface area contributed by atoms with Crippen LogP contribution in [0.3, 0.4) is 0 Å². The molecule has 1 aromatic carbocycles. The normalized spacial score (nSPS) is 11.7. The number of halogens is 1. The Morgan fingerprint density at radius 1 is 1.53 bits per heavy atom. The summed E-state index contributed by atoms with van der Waals surface area (Å²) in [5.74, 6) is -1.30. The summed E-state index contributed by atoms with van der Waals surface area (Å²) in [6.07, 6.45) is -0.448. The maximum absolute atomic E-state index is 11.7. The monoisotopic (exact) mass is 286 g/mol. The second kappa shape index (κ2) is 6.96. The van der Waals surface area contributed by atoms with Crippen LogP contribution in [0, 0.1) is 0 Å². The Morgan fingerprint density at radius 3 is 2.79 bits per heavy atom. The van der Waals surface area contributed by atoms with E-state index >= 15 is 0 Å². The summed E-state index contributed by atoms with van der Waals surface area (Å²) in [5, 5.41) is 11.5. The number of rotatable bonds is 6. The molecule has 19 heavy (non-hydrogen) atoms. The number of benzene rings is 1. The van der Waals surface area contributed by atoms with Gasteiger partial charge in [-0.25, -0.2) is 0 Å². The zero-order valence-corrected chi connectivity index (χ0v) is 11.1. The first-order chi connectivity index (χ1) is 8.93. The molecule has 6 nitrogen and oxygen atoms in total. The lowest BCUT2D eigenvalue weighted by Gasteiger charge is -2.14. The predicted octanol–water partition coefficient (Wildman–Crippen LogP) is 1.48. The van der Waals surface area contributed by atoms with E-state index < -0.39 is 24.3 Å². The first-order valence-electron chi connectivity index (χ1n) is 5.64. The van der Waals surface area contributed by atoms with Crippen molar-refractivity contribution < 1.29 is 19.4 Å². The molecule has 0 aliphatic heterocycles. The number of carboxylic acid groups (broad SMARTS) is 1. The first kappa shape index (κ1) is 15.3. The van der Waals surface area contributed by atoms with Gasteiger partial charge in [0.25, 0.3) is 0 Å². The highest BCUT2D eigenvalue weighted by atomic mass is 35.5. The standard InChI is InChI=1S/C12H15ClN2O4/c1-2-19-10-4-3-7(13)5-9(10)15-12(18)8(14)6-11(16)17/h3-5,8H,2,6,14H2,1H3,(H,15,18)(H,16,17). The SMILES string of the molecule is CCOc1ccc(Cl)cc1NC(=O)C(N)CC(=O)O. The van der Waals surface area contributed by atoms with E-state index in [4.69, 9.17) is 27.2 Å². The van der Waals surface area contributed by atoms with E-state index in [-0.39, 0.29) is 0 Å². The number of carbonyl (C=O) groups is 2. The van der Waals surface area contributed by atoms with Gasteiger partial charge in [0.2, 0.25) is 5.91 Å². The van der Waals surface area contributed by atoms with Crippen LogP contribution < -0.4 is 15.8 Å². The van der Waals surface area contributed by atoms with Gasteiger partial charge in [0.1, 0.15) is 5.75 Å². The molecular formula is C12H15ClN2O4. The minimum atomic E-state index is -1.14. The molecule has 0 aromatic heterocycles. The van der Waals surface area contributed by atoms with Crippen molar-refractivity contribution in [3.63, 3.8) is 0 Å². The van der Waals surface area contributed by atoms with Gasteiger partial charge in [0.15, 0.2) is 0 Å². The van der Waals surface area contributed by atoms with Crippen molar-refractivity contribution in [2.75, 3.05) is 11.9 Å². The molecular weight excluding hydrogens is 272 g/mol. The summed E-state index contributed by atoms with van der Waals surface area (Å²) in [5.41, 5.74) is 5.82. The number of nitrogens with two attached hydrogens (primary N) is 1. The van der Waals surface area contributed by atoms with Crippen molar-refractivity contribution in [2.24, 2.45) is 5.73 Å². The van der Waals surface area contributed by atoms with Crippen molar-refractivity contribution >= 4 is 29.2 Å². The van der Waals surface area contributed by atoms with Crippen LogP contribution in [0.15, 0.2) is 18.2 Å². The molecule has 0 spiro atoms. The Morgan fingerprint density at radius 2 is 2.21 bits per heavy atom. The summed E-state index contributed by atoms with van der Waals surface area (Å²) in [6.45, 7) is 2.22. The van der Waals surface area contributed by atoms with Crippen molar-refractivity contribution in [3.05, 3.63) is 23.2 Å². The van der Waals surface area contributed by atoms with Crippen LogP contribution in [0.4, 0.5) is 5.69 Å². The Bertz CT molecular complexity index is 479. The van der Waals surface area contributed by atoms with E-state index in [1.165, 1.54) is 6.07 Å². The second-order valence-electron chi connectivity index (χ2n) is 3.77. The zero-order chi connectivity index (χ0) is 14.4. The Labute approximate surface area is 115 Å². The van der Waals surface area contributed by atoms with Gasteiger partial charge in [-0.15, -0.1) is 0 Å². The average molecular weight is 287 g/mol. The van der Waals surface area contributed by atoms with E-state index in [9.17, 15) is 9.59 Å². The quantitative estimate of drug-likeness (QED) is 0.735. The first-order valence-corrected chi connectivity index (χ1v) is 6.02. The molecule has 0 saturated carbocycles. The number of nitrogens with one attached hydrogen (secondary N) is 1. The van der Waals surface area contributed by atoms with Gasteiger partial charge in [0, 0.05) is 5.02 Å². The maximum atomic E-state index is 11.7.